The zero-order chi connectivity index (χ0) is 13.3. The van der Waals surface area contributed by atoms with E-state index >= 15 is 0 Å². The van der Waals surface area contributed by atoms with Crippen molar-refractivity contribution >= 4 is 11.6 Å². The first-order valence-corrected chi connectivity index (χ1v) is 6.12. The molecule has 0 spiro atoms. The number of nitrogens with zero attached hydrogens (tertiary/aromatic N) is 1. The molecule has 5 heteroatoms. The van der Waals surface area contributed by atoms with Crippen molar-refractivity contribution in [2.45, 2.75) is 32.2 Å². The molecule has 1 atom stereocenters. The van der Waals surface area contributed by atoms with Gasteiger partial charge in [-0.2, -0.15) is 0 Å². The number of carbonyl (C=O) groups is 1. The maximum Gasteiger partial charge on any atom is 0.248 e. The number of anilines is 1. The van der Waals surface area contributed by atoms with Gasteiger partial charge in [-0.1, -0.05) is 19.8 Å². The molecule has 0 aromatic heterocycles. The topological polar surface area (TPSA) is 46.3 Å². The smallest absolute Gasteiger partial charge is 0.248 e. The van der Waals surface area contributed by atoms with Gasteiger partial charge in [0.25, 0.3) is 0 Å². The normalized spacial score (nSPS) is 18.3. The highest BCUT2D eigenvalue weighted by molar-refractivity contribution is 6.04. The van der Waals surface area contributed by atoms with E-state index in [-0.39, 0.29) is 17.2 Å². The summed E-state index contributed by atoms with van der Waals surface area (Å²) in [7, 11) is 0. The Hall–Kier alpha value is -1.49. The number of benzene rings is 1. The molecule has 1 aliphatic heterocycles. The van der Waals surface area contributed by atoms with Gasteiger partial charge in [0.2, 0.25) is 5.91 Å². The summed E-state index contributed by atoms with van der Waals surface area (Å²) in [5.41, 5.74) is 6.07. The quantitative estimate of drug-likeness (QED) is 0.839. The average molecular weight is 254 g/mol. The molecular weight excluding hydrogens is 238 g/mol. The fraction of sp³-hybridized carbons (Fsp3) is 0.462. The van der Waals surface area contributed by atoms with E-state index in [1.165, 1.54) is 11.0 Å². The van der Waals surface area contributed by atoms with E-state index in [2.05, 4.69) is 0 Å². The number of rotatable bonds is 4. The monoisotopic (exact) mass is 254 g/mol. The van der Waals surface area contributed by atoms with Crippen molar-refractivity contribution in [1.82, 2.24) is 0 Å². The van der Waals surface area contributed by atoms with Crippen molar-refractivity contribution in [1.29, 1.82) is 0 Å². The van der Waals surface area contributed by atoms with Crippen molar-refractivity contribution < 1.29 is 13.6 Å². The lowest BCUT2D eigenvalue weighted by Crippen LogP contribution is -2.32. The number of carbonyl (C=O) groups excluding carboxylic acids is 1. The summed E-state index contributed by atoms with van der Waals surface area (Å²) in [6, 6.07) is 0.929. The largest absolute Gasteiger partial charge is 0.316 e. The van der Waals surface area contributed by atoms with Crippen molar-refractivity contribution in [3.63, 3.8) is 0 Å². The summed E-state index contributed by atoms with van der Waals surface area (Å²) in [5, 5.41) is 0. The van der Waals surface area contributed by atoms with Gasteiger partial charge in [0.1, 0.15) is 17.7 Å². The second-order valence-electron chi connectivity index (χ2n) is 4.50. The highest BCUT2D eigenvalue weighted by atomic mass is 19.1. The van der Waals surface area contributed by atoms with Gasteiger partial charge in [0.15, 0.2) is 0 Å². The molecule has 1 amide bonds. The van der Waals surface area contributed by atoms with Crippen molar-refractivity contribution in [3.8, 4) is 0 Å². The molecule has 3 nitrogen and oxygen atoms in total. The second-order valence-corrected chi connectivity index (χ2v) is 4.50. The van der Waals surface area contributed by atoms with Crippen molar-refractivity contribution in [3.05, 3.63) is 29.3 Å². The molecule has 0 bridgehead atoms. The summed E-state index contributed by atoms with van der Waals surface area (Å²) in [6.45, 7) is 2.50. The minimum absolute atomic E-state index is 0.109. The summed E-state index contributed by atoms with van der Waals surface area (Å²) < 4.78 is 26.9. The number of unbranched alkanes of at least 4 members (excludes halogenated alkanes) is 2. The second kappa shape index (κ2) is 5.02. The molecular formula is C13H16F2N2O. The van der Waals surface area contributed by atoms with Crippen LogP contribution in [0, 0.1) is 11.6 Å². The molecule has 1 aromatic rings. The Morgan fingerprint density at radius 1 is 1.33 bits per heavy atom. The van der Waals surface area contributed by atoms with E-state index in [4.69, 9.17) is 5.73 Å². The molecule has 1 aromatic carbocycles. The molecule has 18 heavy (non-hydrogen) atoms. The molecule has 0 saturated carbocycles. The van der Waals surface area contributed by atoms with Crippen LogP contribution >= 0.6 is 0 Å². The van der Waals surface area contributed by atoms with Gasteiger partial charge in [-0.05, 0) is 12.5 Å². The molecule has 2 rings (SSSR count). The number of nitrogens with two attached hydrogens (primary N) is 1. The van der Waals surface area contributed by atoms with Crippen LogP contribution in [0.2, 0.25) is 0 Å². The minimum Gasteiger partial charge on any atom is -0.316 e. The van der Waals surface area contributed by atoms with E-state index in [0.29, 0.717) is 6.54 Å². The van der Waals surface area contributed by atoms with Crippen LogP contribution in [0.3, 0.4) is 0 Å². The molecule has 1 unspecified atom stereocenters. The fourth-order valence-electron chi connectivity index (χ4n) is 2.26. The molecule has 0 fully saturated rings. The van der Waals surface area contributed by atoms with Gasteiger partial charge in [0.05, 0.1) is 5.69 Å². The van der Waals surface area contributed by atoms with Crippen LogP contribution in [0.15, 0.2) is 12.1 Å². The number of amides is 1. The first-order valence-electron chi connectivity index (χ1n) is 6.12. The van der Waals surface area contributed by atoms with E-state index in [1.807, 2.05) is 6.92 Å². The predicted octanol–water partition coefficient (Wildman–Crippen LogP) is 2.50. The highest BCUT2D eigenvalue weighted by Crippen LogP contribution is 2.37. The third-order valence-electron chi connectivity index (χ3n) is 3.19. The Labute approximate surface area is 105 Å². The Bertz CT molecular complexity index is 476. The maximum absolute atomic E-state index is 13.6. The van der Waals surface area contributed by atoms with E-state index in [9.17, 15) is 13.6 Å². The van der Waals surface area contributed by atoms with E-state index in [0.717, 1.165) is 25.3 Å². The van der Waals surface area contributed by atoms with Gasteiger partial charge in [-0.15, -0.1) is 0 Å². The van der Waals surface area contributed by atoms with Crippen LogP contribution < -0.4 is 10.6 Å². The lowest BCUT2D eigenvalue weighted by atomic mass is 10.1. The third-order valence-corrected chi connectivity index (χ3v) is 3.19. The lowest BCUT2D eigenvalue weighted by molar-refractivity contribution is -0.119. The van der Waals surface area contributed by atoms with Gasteiger partial charge >= 0.3 is 0 Å². The zero-order valence-corrected chi connectivity index (χ0v) is 10.2. The SMILES string of the molecule is CCCCCN1C(=O)C(N)c2c(F)cc(F)cc21. The predicted molar refractivity (Wildman–Crippen MR) is 65.2 cm³/mol. The van der Waals surface area contributed by atoms with Crippen LogP contribution in [0.5, 0.6) is 0 Å². The number of halogens is 2. The molecule has 98 valence electrons. The molecule has 1 aliphatic rings. The summed E-state index contributed by atoms with van der Waals surface area (Å²) in [5.74, 6) is -1.79. The van der Waals surface area contributed by atoms with Crippen LogP contribution in [0.25, 0.3) is 0 Å². The number of fused-ring (bicyclic) bond motifs is 1. The summed E-state index contributed by atoms with van der Waals surface area (Å²) in [4.78, 5) is 13.3. The van der Waals surface area contributed by atoms with Crippen LogP contribution in [0.1, 0.15) is 37.8 Å². The Balaban J connectivity index is 2.32. The Kier molecular flexibility index (Phi) is 3.61. The third kappa shape index (κ3) is 2.10. The lowest BCUT2D eigenvalue weighted by Gasteiger charge is -2.17. The number of hydrogen-bond acceptors (Lipinski definition) is 2. The van der Waals surface area contributed by atoms with Crippen LogP contribution in [-0.4, -0.2) is 12.5 Å². The Morgan fingerprint density at radius 2 is 2.06 bits per heavy atom. The summed E-state index contributed by atoms with van der Waals surface area (Å²) >= 11 is 0. The van der Waals surface area contributed by atoms with Crippen LogP contribution in [0.4, 0.5) is 14.5 Å². The molecule has 1 heterocycles. The van der Waals surface area contributed by atoms with Crippen molar-refractivity contribution in [2.75, 3.05) is 11.4 Å². The van der Waals surface area contributed by atoms with Gasteiger partial charge < -0.3 is 10.6 Å². The minimum atomic E-state index is -1.01. The van der Waals surface area contributed by atoms with Crippen LogP contribution in [-0.2, 0) is 4.79 Å². The highest BCUT2D eigenvalue weighted by Gasteiger charge is 2.37. The van der Waals surface area contributed by atoms with Gasteiger partial charge in [-0.25, -0.2) is 8.78 Å². The first-order chi connectivity index (χ1) is 8.56. The summed E-state index contributed by atoms with van der Waals surface area (Å²) in [6.07, 6.45) is 2.77. The van der Waals surface area contributed by atoms with E-state index < -0.39 is 17.7 Å². The Morgan fingerprint density at radius 3 is 2.72 bits per heavy atom. The standard InChI is InChI=1S/C13H16F2N2O/c1-2-3-4-5-17-10-7-8(14)6-9(15)11(10)12(16)13(17)18/h6-7,12H,2-5,16H2,1H3. The zero-order valence-electron chi connectivity index (χ0n) is 10.2. The molecule has 0 aliphatic carbocycles. The molecule has 0 radical (unpaired) electrons. The molecule has 2 N–H and O–H groups in total. The first kappa shape index (κ1) is 13.0. The maximum atomic E-state index is 13.6. The van der Waals surface area contributed by atoms with Gasteiger partial charge in [0, 0.05) is 18.2 Å². The number of hydrogen-bond donors (Lipinski definition) is 1. The fourth-order valence-corrected chi connectivity index (χ4v) is 2.26. The van der Waals surface area contributed by atoms with E-state index in [1.54, 1.807) is 0 Å². The molecule has 0 saturated heterocycles. The van der Waals surface area contributed by atoms with Crippen molar-refractivity contribution in [2.24, 2.45) is 5.73 Å². The van der Waals surface area contributed by atoms with Gasteiger partial charge in [-0.3, -0.25) is 4.79 Å². The average Bonchev–Trinajstić information content (AvgIpc) is 2.54.